The van der Waals surface area contributed by atoms with E-state index < -0.39 is 0 Å². The summed E-state index contributed by atoms with van der Waals surface area (Å²) in [4.78, 5) is 5.39. The largest absolute Gasteiger partial charge is 0.315 e. The fraction of sp³-hybridized carbons (Fsp3) is 1.00. The Morgan fingerprint density at radius 3 is 2.35 bits per heavy atom. The van der Waals surface area contributed by atoms with E-state index in [0.29, 0.717) is 6.04 Å². The van der Waals surface area contributed by atoms with Crippen LogP contribution in [0.2, 0.25) is 0 Å². The van der Waals surface area contributed by atoms with Gasteiger partial charge in [-0.25, -0.2) is 0 Å². The fourth-order valence-corrected chi connectivity index (χ4v) is 3.30. The number of hydrogen-bond donors (Lipinski definition) is 1. The van der Waals surface area contributed by atoms with Crippen molar-refractivity contribution in [3.63, 3.8) is 0 Å². The molecule has 1 unspecified atom stereocenters. The topological polar surface area (TPSA) is 18.5 Å². The van der Waals surface area contributed by atoms with Gasteiger partial charge in [0.25, 0.3) is 0 Å². The van der Waals surface area contributed by atoms with Crippen molar-refractivity contribution in [1.29, 1.82) is 0 Å². The highest BCUT2D eigenvalue weighted by Crippen LogP contribution is 2.24. The van der Waals surface area contributed by atoms with Gasteiger partial charge in [-0.05, 0) is 26.3 Å². The molecule has 2 aliphatic rings. The van der Waals surface area contributed by atoms with Crippen LogP contribution in [0.1, 0.15) is 39.5 Å². The Balaban J connectivity index is 1.69. The van der Waals surface area contributed by atoms with Crippen LogP contribution in [0.4, 0.5) is 0 Å². The first-order chi connectivity index (χ1) is 8.31. The smallest absolute Gasteiger partial charge is 0.0193 e. The third kappa shape index (κ3) is 3.67. The third-order valence-electron chi connectivity index (χ3n) is 4.50. The summed E-state index contributed by atoms with van der Waals surface area (Å²) in [5, 5.41) is 3.46. The minimum absolute atomic E-state index is 0.695. The van der Waals surface area contributed by atoms with E-state index in [1.807, 2.05) is 0 Å². The van der Waals surface area contributed by atoms with Gasteiger partial charge in [-0.2, -0.15) is 0 Å². The Labute approximate surface area is 107 Å². The van der Waals surface area contributed by atoms with Crippen molar-refractivity contribution < 1.29 is 0 Å². The summed E-state index contributed by atoms with van der Waals surface area (Å²) >= 11 is 0. The van der Waals surface area contributed by atoms with Crippen LogP contribution in [-0.2, 0) is 0 Å². The number of rotatable bonds is 5. The van der Waals surface area contributed by atoms with Gasteiger partial charge in [-0.3, -0.25) is 9.80 Å². The Morgan fingerprint density at radius 2 is 1.76 bits per heavy atom. The monoisotopic (exact) mass is 239 g/mol. The average molecular weight is 239 g/mol. The molecule has 1 saturated heterocycles. The fourth-order valence-electron chi connectivity index (χ4n) is 3.30. The molecule has 1 aliphatic heterocycles. The number of hydrogen-bond acceptors (Lipinski definition) is 3. The molecule has 1 aliphatic carbocycles. The SMILES string of the molecule is CCNCC(C)N1CCN(C2CCCC2)CC1. The molecule has 3 heteroatoms. The maximum absolute atomic E-state index is 3.46. The molecule has 0 aromatic carbocycles. The van der Waals surface area contributed by atoms with E-state index in [9.17, 15) is 0 Å². The van der Waals surface area contributed by atoms with Crippen LogP contribution in [0.5, 0.6) is 0 Å². The van der Waals surface area contributed by atoms with Crippen molar-refractivity contribution in [1.82, 2.24) is 15.1 Å². The van der Waals surface area contributed by atoms with Crippen LogP contribution in [0.15, 0.2) is 0 Å². The van der Waals surface area contributed by atoms with Gasteiger partial charge in [0, 0.05) is 44.8 Å². The van der Waals surface area contributed by atoms with Crippen molar-refractivity contribution in [2.45, 2.75) is 51.6 Å². The van der Waals surface area contributed by atoms with Crippen LogP contribution in [0.3, 0.4) is 0 Å². The minimum atomic E-state index is 0.695. The molecule has 1 heterocycles. The molecule has 17 heavy (non-hydrogen) atoms. The van der Waals surface area contributed by atoms with Gasteiger partial charge in [-0.1, -0.05) is 19.8 Å². The molecule has 0 aromatic heterocycles. The molecule has 0 amide bonds. The van der Waals surface area contributed by atoms with Gasteiger partial charge in [0.1, 0.15) is 0 Å². The van der Waals surface area contributed by atoms with E-state index in [0.717, 1.165) is 19.1 Å². The zero-order valence-electron chi connectivity index (χ0n) is 11.6. The Kier molecular flexibility index (Phi) is 5.26. The maximum atomic E-state index is 3.46. The number of piperazine rings is 1. The average Bonchev–Trinajstić information content (AvgIpc) is 2.90. The third-order valence-corrected chi connectivity index (χ3v) is 4.50. The minimum Gasteiger partial charge on any atom is -0.315 e. The van der Waals surface area contributed by atoms with Crippen LogP contribution >= 0.6 is 0 Å². The molecule has 0 aromatic rings. The summed E-state index contributed by atoms with van der Waals surface area (Å²) in [7, 11) is 0. The molecule has 100 valence electrons. The number of nitrogens with zero attached hydrogens (tertiary/aromatic N) is 2. The molecule has 1 saturated carbocycles. The van der Waals surface area contributed by atoms with Gasteiger partial charge in [-0.15, -0.1) is 0 Å². The molecule has 1 N–H and O–H groups in total. The predicted octanol–water partition coefficient (Wildman–Crippen LogP) is 1.54. The van der Waals surface area contributed by atoms with E-state index in [2.05, 4.69) is 29.0 Å². The zero-order chi connectivity index (χ0) is 12.1. The lowest BCUT2D eigenvalue weighted by molar-refractivity contribution is 0.0751. The van der Waals surface area contributed by atoms with Crippen LogP contribution < -0.4 is 5.32 Å². The second-order valence-electron chi connectivity index (χ2n) is 5.67. The zero-order valence-corrected chi connectivity index (χ0v) is 11.6. The summed E-state index contributed by atoms with van der Waals surface area (Å²) in [6.07, 6.45) is 5.82. The molecule has 0 radical (unpaired) electrons. The van der Waals surface area contributed by atoms with Gasteiger partial charge in [0.05, 0.1) is 0 Å². The summed E-state index contributed by atoms with van der Waals surface area (Å²) in [5.74, 6) is 0. The highest BCUT2D eigenvalue weighted by molar-refractivity contribution is 4.83. The van der Waals surface area contributed by atoms with Crippen LogP contribution in [0, 0.1) is 0 Å². The van der Waals surface area contributed by atoms with E-state index in [1.165, 1.54) is 51.9 Å². The predicted molar refractivity (Wildman–Crippen MR) is 73.4 cm³/mol. The van der Waals surface area contributed by atoms with E-state index in [4.69, 9.17) is 0 Å². The van der Waals surface area contributed by atoms with Gasteiger partial charge >= 0.3 is 0 Å². The van der Waals surface area contributed by atoms with Crippen LogP contribution in [0.25, 0.3) is 0 Å². The molecule has 2 fully saturated rings. The van der Waals surface area contributed by atoms with Gasteiger partial charge in [0.2, 0.25) is 0 Å². The summed E-state index contributed by atoms with van der Waals surface area (Å²) < 4.78 is 0. The van der Waals surface area contributed by atoms with Gasteiger partial charge in [0.15, 0.2) is 0 Å². The van der Waals surface area contributed by atoms with Crippen molar-refractivity contribution >= 4 is 0 Å². The van der Waals surface area contributed by atoms with E-state index in [1.54, 1.807) is 0 Å². The Morgan fingerprint density at radius 1 is 1.12 bits per heavy atom. The molecule has 0 spiro atoms. The molecular formula is C14H29N3. The second kappa shape index (κ2) is 6.72. The van der Waals surface area contributed by atoms with E-state index in [-0.39, 0.29) is 0 Å². The lowest BCUT2D eigenvalue weighted by Gasteiger charge is -2.40. The summed E-state index contributed by atoms with van der Waals surface area (Å²) in [6.45, 7) is 11.9. The van der Waals surface area contributed by atoms with Crippen molar-refractivity contribution in [3.05, 3.63) is 0 Å². The highest BCUT2D eigenvalue weighted by atomic mass is 15.3. The lowest BCUT2D eigenvalue weighted by atomic mass is 10.1. The van der Waals surface area contributed by atoms with Crippen molar-refractivity contribution in [3.8, 4) is 0 Å². The van der Waals surface area contributed by atoms with E-state index >= 15 is 0 Å². The standard InChI is InChI=1S/C14H29N3/c1-3-15-12-13(2)16-8-10-17(11-9-16)14-6-4-5-7-14/h13-15H,3-12H2,1-2H3. The summed E-state index contributed by atoms with van der Waals surface area (Å²) in [6, 6.07) is 1.61. The molecule has 3 nitrogen and oxygen atoms in total. The van der Waals surface area contributed by atoms with Crippen LogP contribution in [-0.4, -0.2) is 61.2 Å². The first kappa shape index (κ1) is 13.3. The van der Waals surface area contributed by atoms with Gasteiger partial charge < -0.3 is 5.32 Å². The molecule has 2 rings (SSSR count). The molecule has 1 atom stereocenters. The number of nitrogens with one attached hydrogen (secondary N) is 1. The summed E-state index contributed by atoms with van der Waals surface area (Å²) in [5.41, 5.74) is 0. The molecular weight excluding hydrogens is 210 g/mol. The first-order valence-electron chi connectivity index (χ1n) is 7.50. The second-order valence-corrected chi connectivity index (χ2v) is 5.67. The maximum Gasteiger partial charge on any atom is 0.0193 e. The Bertz CT molecular complexity index is 206. The van der Waals surface area contributed by atoms with Crippen molar-refractivity contribution in [2.24, 2.45) is 0 Å². The number of likely N-dealkylation sites (N-methyl/N-ethyl adjacent to an activating group) is 1. The Hall–Kier alpha value is -0.120. The molecule has 0 bridgehead atoms. The van der Waals surface area contributed by atoms with Crippen molar-refractivity contribution in [2.75, 3.05) is 39.3 Å². The first-order valence-corrected chi connectivity index (χ1v) is 7.50. The normalized spacial score (nSPS) is 26.5. The highest BCUT2D eigenvalue weighted by Gasteiger charge is 2.27. The quantitative estimate of drug-likeness (QED) is 0.785. The lowest BCUT2D eigenvalue weighted by Crippen LogP contribution is -2.53.